The van der Waals surface area contributed by atoms with Gasteiger partial charge in [-0.25, -0.2) is 8.42 Å². The van der Waals surface area contributed by atoms with Gasteiger partial charge in [0.25, 0.3) is 0 Å². The third kappa shape index (κ3) is 1.76. The molecule has 19 heavy (non-hydrogen) atoms. The maximum atomic E-state index is 12.6. The van der Waals surface area contributed by atoms with Crippen molar-refractivity contribution in [3.63, 3.8) is 0 Å². The fourth-order valence-corrected chi connectivity index (χ4v) is 3.80. The molecule has 0 unspecified atom stereocenters. The van der Waals surface area contributed by atoms with Gasteiger partial charge in [0.05, 0.1) is 21.4 Å². The summed E-state index contributed by atoms with van der Waals surface area (Å²) < 4.78 is 25.3. The van der Waals surface area contributed by atoms with Crippen molar-refractivity contribution in [1.82, 2.24) is 0 Å². The number of hydrogen-bond donors (Lipinski definition) is 0. The quantitative estimate of drug-likeness (QED) is 0.629. The summed E-state index contributed by atoms with van der Waals surface area (Å²) in [6.07, 6.45) is 3.55. The van der Waals surface area contributed by atoms with Gasteiger partial charge in [0, 0.05) is 0 Å². The van der Waals surface area contributed by atoms with Crippen LogP contribution in [0.25, 0.3) is 12.2 Å². The van der Waals surface area contributed by atoms with Gasteiger partial charge in [-0.05, 0) is 29.3 Å². The number of benzene rings is 2. The summed E-state index contributed by atoms with van der Waals surface area (Å²) >= 11 is 0. The topological polar surface area (TPSA) is 57.9 Å². The van der Waals surface area contributed by atoms with Crippen LogP contribution < -0.4 is 0 Å². The average molecular weight is 267 g/mol. The molecule has 0 fully saturated rings. The number of nitrogens with zero attached hydrogens (tertiary/aromatic N) is 1. The predicted molar refractivity (Wildman–Crippen MR) is 72.0 cm³/mol. The Balaban J connectivity index is 2.40. The van der Waals surface area contributed by atoms with Crippen LogP contribution >= 0.6 is 0 Å². The Labute approximate surface area is 111 Å². The Morgan fingerprint density at radius 1 is 0.895 bits per heavy atom. The zero-order chi connectivity index (χ0) is 13.5. The van der Waals surface area contributed by atoms with Gasteiger partial charge < -0.3 is 0 Å². The molecule has 0 atom stereocenters. The molecule has 0 saturated heterocycles. The Morgan fingerprint density at radius 2 is 1.58 bits per heavy atom. The first-order valence-corrected chi connectivity index (χ1v) is 7.17. The van der Waals surface area contributed by atoms with Crippen molar-refractivity contribution in [2.45, 2.75) is 9.79 Å². The first kappa shape index (κ1) is 11.7. The third-order valence-electron chi connectivity index (χ3n) is 3.08. The summed E-state index contributed by atoms with van der Waals surface area (Å²) in [5.74, 6) is 0. The monoisotopic (exact) mass is 267 g/mol. The number of fused-ring (bicyclic) bond motifs is 2. The van der Waals surface area contributed by atoms with E-state index in [1.807, 2.05) is 6.07 Å². The van der Waals surface area contributed by atoms with Crippen molar-refractivity contribution in [3.8, 4) is 6.07 Å². The van der Waals surface area contributed by atoms with E-state index >= 15 is 0 Å². The van der Waals surface area contributed by atoms with E-state index in [0.717, 1.165) is 0 Å². The van der Waals surface area contributed by atoms with E-state index in [1.165, 1.54) is 6.07 Å². The van der Waals surface area contributed by atoms with Crippen LogP contribution in [0.15, 0.2) is 52.3 Å². The fraction of sp³-hybridized carbons (Fsp3) is 0. The van der Waals surface area contributed by atoms with Crippen molar-refractivity contribution in [3.05, 3.63) is 59.2 Å². The molecule has 0 radical (unpaired) electrons. The lowest BCUT2D eigenvalue weighted by atomic mass is 10.1. The Bertz CT molecular complexity index is 843. The van der Waals surface area contributed by atoms with Gasteiger partial charge in [-0.2, -0.15) is 5.26 Å². The van der Waals surface area contributed by atoms with E-state index in [4.69, 9.17) is 5.26 Å². The molecule has 1 aliphatic heterocycles. The first-order chi connectivity index (χ1) is 9.13. The molecule has 3 nitrogen and oxygen atoms in total. The van der Waals surface area contributed by atoms with Crippen LogP contribution in [0, 0.1) is 11.3 Å². The highest BCUT2D eigenvalue weighted by atomic mass is 32.2. The van der Waals surface area contributed by atoms with E-state index in [1.54, 1.807) is 48.6 Å². The highest BCUT2D eigenvalue weighted by molar-refractivity contribution is 7.91. The molecule has 0 amide bonds. The van der Waals surface area contributed by atoms with Gasteiger partial charge in [0.1, 0.15) is 0 Å². The second-order valence-corrected chi connectivity index (χ2v) is 6.13. The fourth-order valence-electron chi connectivity index (χ4n) is 2.14. The summed E-state index contributed by atoms with van der Waals surface area (Å²) in [6.45, 7) is 0. The highest BCUT2D eigenvalue weighted by Gasteiger charge is 2.25. The normalized spacial score (nSPS) is 14.9. The molecule has 0 N–H and O–H groups in total. The molecule has 0 aromatic heterocycles. The van der Waals surface area contributed by atoms with Gasteiger partial charge in [-0.15, -0.1) is 0 Å². The smallest absolute Gasteiger partial charge is 0.207 e. The summed E-state index contributed by atoms with van der Waals surface area (Å²) in [5, 5.41) is 8.91. The van der Waals surface area contributed by atoms with E-state index in [2.05, 4.69) is 0 Å². The van der Waals surface area contributed by atoms with Crippen molar-refractivity contribution < 1.29 is 8.42 Å². The molecule has 2 aromatic carbocycles. The van der Waals surface area contributed by atoms with Gasteiger partial charge >= 0.3 is 0 Å². The van der Waals surface area contributed by atoms with Crippen molar-refractivity contribution in [2.24, 2.45) is 0 Å². The second kappa shape index (κ2) is 4.08. The summed E-state index contributed by atoms with van der Waals surface area (Å²) in [4.78, 5) is 0.466. The number of sulfone groups is 1. The number of nitriles is 1. The van der Waals surface area contributed by atoms with Crippen LogP contribution in [0.2, 0.25) is 0 Å². The lowest BCUT2D eigenvalue weighted by molar-refractivity contribution is 0.596. The highest BCUT2D eigenvalue weighted by Crippen LogP contribution is 2.32. The molecule has 3 rings (SSSR count). The minimum Gasteiger partial charge on any atom is -0.218 e. The summed E-state index contributed by atoms with van der Waals surface area (Å²) in [6, 6.07) is 13.5. The molecule has 1 heterocycles. The first-order valence-electron chi connectivity index (χ1n) is 5.69. The van der Waals surface area contributed by atoms with Crippen molar-refractivity contribution >= 4 is 22.0 Å². The zero-order valence-electron chi connectivity index (χ0n) is 9.87. The van der Waals surface area contributed by atoms with Crippen LogP contribution in [0.4, 0.5) is 0 Å². The largest absolute Gasteiger partial charge is 0.218 e. The maximum Gasteiger partial charge on any atom is 0.207 e. The van der Waals surface area contributed by atoms with Crippen molar-refractivity contribution in [1.29, 1.82) is 5.26 Å². The Kier molecular flexibility index (Phi) is 2.51. The molecule has 4 heteroatoms. The lowest BCUT2D eigenvalue weighted by Crippen LogP contribution is -2.04. The standard InChI is InChI=1S/C15H9NO2S/c16-10-11-5-6-13-8-7-12-3-1-2-4-14(12)19(17,18)15(13)9-11/h1-9H. The molecule has 1 aliphatic rings. The van der Waals surface area contributed by atoms with Gasteiger partial charge in [0.15, 0.2) is 0 Å². The van der Waals surface area contributed by atoms with Crippen LogP contribution in [-0.2, 0) is 9.84 Å². The van der Waals surface area contributed by atoms with Crippen LogP contribution in [-0.4, -0.2) is 8.42 Å². The minimum atomic E-state index is -3.58. The minimum absolute atomic E-state index is 0.188. The molecule has 0 bridgehead atoms. The summed E-state index contributed by atoms with van der Waals surface area (Å²) in [5.41, 5.74) is 1.61. The van der Waals surface area contributed by atoms with Crippen LogP contribution in [0.5, 0.6) is 0 Å². The van der Waals surface area contributed by atoms with E-state index in [-0.39, 0.29) is 9.79 Å². The van der Waals surface area contributed by atoms with Crippen LogP contribution in [0.3, 0.4) is 0 Å². The number of rotatable bonds is 0. The molecule has 0 saturated carbocycles. The van der Waals surface area contributed by atoms with Crippen LogP contribution in [0.1, 0.15) is 16.7 Å². The van der Waals surface area contributed by atoms with Gasteiger partial charge in [0.2, 0.25) is 9.84 Å². The van der Waals surface area contributed by atoms with Gasteiger partial charge in [-0.1, -0.05) is 36.4 Å². The van der Waals surface area contributed by atoms with Crippen molar-refractivity contribution in [2.75, 3.05) is 0 Å². The van der Waals surface area contributed by atoms with E-state index < -0.39 is 9.84 Å². The summed E-state index contributed by atoms with van der Waals surface area (Å²) in [7, 11) is -3.58. The predicted octanol–water partition coefficient (Wildman–Crippen LogP) is 2.87. The Hall–Kier alpha value is -2.38. The number of hydrogen-bond acceptors (Lipinski definition) is 3. The second-order valence-electron chi connectivity index (χ2n) is 4.24. The maximum absolute atomic E-state index is 12.6. The Morgan fingerprint density at radius 3 is 2.32 bits per heavy atom. The molecule has 92 valence electrons. The average Bonchev–Trinajstić information content (AvgIpc) is 2.55. The molecule has 0 aliphatic carbocycles. The lowest BCUT2D eigenvalue weighted by Gasteiger charge is -2.07. The molecule has 2 aromatic rings. The molecular formula is C15H9NO2S. The SMILES string of the molecule is N#Cc1ccc2c(c1)S(=O)(=O)c1ccccc1C=C2. The third-order valence-corrected chi connectivity index (χ3v) is 4.97. The molecule has 0 spiro atoms. The molecular weight excluding hydrogens is 258 g/mol. The van der Waals surface area contributed by atoms with E-state index in [0.29, 0.717) is 16.7 Å². The van der Waals surface area contributed by atoms with Gasteiger partial charge in [-0.3, -0.25) is 0 Å². The van der Waals surface area contributed by atoms with E-state index in [9.17, 15) is 8.42 Å². The zero-order valence-corrected chi connectivity index (χ0v) is 10.7.